The van der Waals surface area contributed by atoms with Crippen LogP contribution in [0.15, 0.2) is 11.6 Å². The summed E-state index contributed by atoms with van der Waals surface area (Å²) in [5, 5.41) is 8.90. The lowest BCUT2D eigenvalue weighted by Gasteiger charge is -2.01. The summed E-state index contributed by atoms with van der Waals surface area (Å²) in [5.41, 5.74) is 1.18. The fourth-order valence-electron chi connectivity index (χ4n) is 0.758. The molecule has 0 aliphatic carbocycles. The largest absolute Gasteiger partial charge is 0.389 e. The molecule has 0 aromatic rings. The van der Waals surface area contributed by atoms with Gasteiger partial charge >= 0.3 is 0 Å². The molecule has 2 nitrogen and oxygen atoms in total. The second-order valence-electron chi connectivity index (χ2n) is 2.50. The van der Waals surface area contributed by atoms with Crippen molar-refractivity contribution in [3.8, 4) is 0 Å². The minimum Gasteiger partial charge on any atom is -0.389 e. The maximum atomic E-state index is 8.90. The number of rotatable bonds is 4. The van der Waals surface area contributed by atoms with Crippen molar-refractivity contribution in [2.45, 2.75) is 26.4 Å². The van der Waals surface area contributed by atoms with Crippen LogP contribution >= 0.6 is 0 Å². The average molecular weight is 144 g/mol. The quantitative estimate of drug-likeness (QED) is 0.603. The van der Waals surface area contributed by atoms with Gasteiger partial charge in [0.25, 0.3) is 0 Å². The van der Waals surface area contributed by atoms with E-state index in [1.54, 1.807) is 14.0 Å². The topological polar surface area (TPSA) is 29.5 Å². The monoisotopic (exact) mass is 144 g/mol. The Balaban J connectivity index is 3.49. The van der Waals surface area contributed by atoms with Crippen LogP contribution in [-0.2, 0) is 4.74 Å². The number of ether oxygens (including phenoxy) is 1. The van der Waals surface area contributed by atoms with E-state index in [0.29, 0.717) is 0 Å². The zero-order valence-electron chi connectivity index (χ0n) is 6.92. The van der Waals surface area contributed by atoms with E-state index in [1.807, 2.05) is 13.0 Å². The van der Waals surface area contributed by atoms with Gasteiger partial charge in [-0.1, -0.05) is 11.6 Å². The number of aliphatic hydroxyl groups excluding tert-OH is 1. The van der Waals surface area contributed by atoms with Crippen LogP contribution in [0.5, 0.6) is 0 Å². The summed E-state index contributed by atoms with van der Waals surface area (Å²) in [6, 6.07) is 0. The Hall–Kier alpha value is -0.340. The van der Waals surface area contributed by atoms with Crippen molar-refractivity contribution < 1.29 is 9.84 Å². The highest BCUT2D eigenvalue weighted by atomic mass is 16.5. The van der Waals surface area contributed by atoms with E-state index in [1.165, 1.54) is 5.57 Å². The standard InChI is InChI=1S/C8H16O2/c1-7(4-5-10-3)6-8(2)9/h6,8-9H,4-5H2,1-3H3. The first kappa shape index (κ1) is 9.66. The van der Waals surface area contributed by atoms with Crippen LogP contribution in [0.3, 0.4) is 0 Å². The molecular formula is C8H16O2. The van der Waals surface area contributed by atoms with Gasteiger partial charge in [0.2, 0.25) is 0 Å². The van der Waals surface area contributed by atoms with Gasteiger partial charge in [-0.15, -0.1) is 0 Å². The molecule has 0 saturated heterocycles. The third-order valence-electron chi connectivity index (χ3n) is 1.23. The van der Waals surface area contributed by atoms with E-state index in [-0.39, 0.29) is 6.10 Å². The molecule has 0 bridgehead atoms. The summed E-state index contributed by atoms with van der Waals surface area (Å²) in [4.78, 5) is 0. The van der Waals surface area contributed by atoms with Crippen LogP contribution in [0.25, 0.3) is 0 Å². The number of hydrogen-bond acceptors (Lipinski definition) is 2. The molecule has 0 heterocycles. The molecule has 0 aliphatic heterocycles. The molecule has 60 valence electrons. The van der Waals surface area contributed by atoms with E-state index in [9.17, 15) is 0 Å². The van der Waals surface area contributed by atoms with Crippen LogP contribution in [-0.4, -0.2) is 24.9 Å². The van der Waals surface area contributed by atoms with Crippen LogP contribution in [0.2, 0.25) is 0 Å². The second-order valence-corrected chi connectivity index (χ2v) is 2.50. The van der Waals surface area contributed by atoms with Crippen molar-refractivity contribution in [1.82, 2.24) is 0 Å². The Morgan fingerprint density at radius 2 is 2.30 bits per heavy atom. The lowest BCUT2D eigenvalue weighted by atomic mass is 10.2. The molecule has 10 heavy (non-hydrogen) atoms. The highest BCUT2D eigenvalue weighted by Crippen LogP contribution is 2.00. The third-order valence-corrected chi connectivity index (χ3v) is 1.23. The highest BCUT2D eigenvalue weighted by Gasteiger charge is 1.91. The number of aliphatic hydroxyl groups is 1. The molecule has 0 aromatic heterocycles. The molecule has 1 atom stereocenters. The molecule has 0 rings (SSSR count). The van der Waals surface area contributed by atoms with E-state index in [2.05, 4.69) is 0 Å². The number of hydrogen-bond donors (Lipinski definition) is 1. The molecule has 0 saturated carbocycles. The molecular weight excluding hydrogens is 128 g/mol. The fraction of sp³-hybridized carbons (Fsp3) is 0.750. The molecule has 2 heteroatoms. The van der Waals surface area contributed by atoms with Crippen molar-refractivity contribution in [3.05, 3.63) is 11.6 Å². The van der Waals surface area contributed by atoms with Gasteiger partial charge in [0, 0.05) is 13.7 Å². The van der Waals surface area contributed by atoms with Gasteiger partial charge in [0.15, 0.2) is 0 Å². The molecule has 0 radical (unpaired) electrons. The van der Waals surface area contributed by atoms with Crippen molar-refractivity contribution in [2.24, 2.45) is 0 Å². The molecule has 1 N–H and O–H groups in total. The lowest BCUT2D eigenvalue weighted by Crippen LogP contribution is -1.96. The first-order valence-corrected chi connectivity index (χ1v) is 3.51. The van der Waals surface area contributed by atoms with E-state index < -0.39 is 0 Å². The summed E-state index contributed by atoms with van der Waals surface area (Å²) >= 11 is 0. The highest BCUT2D eigenvalue weighted by molar-refractivity contribution is 5.00. The Kier molecular flexibility index (Phi) is 5.26. The van der Waals surface area contributed by atoms with Crippen LogP contribution < -0.4 is 0 Å². The maximum absolute atomic E-state index is 8.90. The number of methoxy groups -OCH3 is 1. The first-order chi connectivity index (χ1) is 4.66. The Bertz CT molecular complexity index is 106. The molecule has 0 aromatic carbocycles. The normalized spacial score (nSPS) is 15.4. The van der Waals surface area contributed by atoms with Crippen LogP contribution in [0, 0.1) is 0 Å². The van der Waals surface area contributed by atoms with Gasteiger partial charge in [-0.2, -0.15) is 0 Å². The summed E-state index contributed by atoms with van der Waals surface area (Å²) < 4.78 is 4.87. The fourth-order valence-corrected chi connectivity index (χ4v) is 0.758. The van der Waals surface area contributed by atoms with Crippen molar-refractivity contribution in [1.29, 1.82) is 0 Å². The zero-order chi connectivity index (χ0) is 7.98. The molecule has 0 fully saturated rings. The summed E-state index contributed by atoms with van der Waals surface area (Å²) in [5.74, 6) is 0. The minimum atomic E-state index is -0.336. The van der Waals surface area contributed by atoms with E-state index in [4.69, 9.17) is 9.84 Å². The Morgan fingerprint density at radius 1 is 1.70 bits per heavy atom. The van der Waals surface area contributed by atoms with Gasteiger partial charge in [-0.3, -0.25) is 0 Å². The van der Waals surface area contributed by atoms with Crippen LogP contribution in [0.4, 0.5) is 0 Å². The summed E-state index contributed by atoms with van der Waals surface area (Å²) in [7, 11) is 1.68. The van der Waals surface area contributed by atoms with Crippen LogP contribution in [0.1, 0.15) is 20.3 Å². The predicted octanol–water partition coefficient (Wildman–Crippen LogP) is 1.35. The zero-order valence-corrected chi connectivity index (χ0v) is 6.92. The predicted molar refractivity (Wildman–Crippen MR) is 41.9 cm³/mol. The van der Waals surface area contributed by atoms with E-state index in [0.717, 1.165) is 13.0 Å². The molecule has 1 unspecified atom stereocenters. The molecule has 0 spiro atoms. The Labute approximate surface area is 62.5 Å². The summed E-state index contributed by atoms with van der Waals surface area (Å²) in [6.07, 6.45) is 2.40. The van der Waals surface area contributed by atoms with Gasteiger partial charge in [0.1, 0.15) is 0 Å². The lowest BCUT2D eigenvalue weighted by molar-refractivity contribution is 0.201. The molecule has 0 amide bonds. The summed E-state index contributed by atoms with van der Waals surface area (Å²) in [6.45, 7) is 4.47. The van der Waals surface area contributed by atoms with E-state index >= 15 is 0 Å². The van der Waals surface area contributed by atoms with Crippen molar-refractivity contribution in [2.75, 3.05) is 13.7 Å². The average Bonchev–Trinajstić information content (AvgIpc) is 1.82. The van der Waals surface area contributed by atoms with Gasteiger partial charge in [-0.05, 0) is 20.3 Å². The first-order valence-electron chi connectivity index (χ1n) is 3.51. The Morgan fingerprint density at radius 3 is 2.70 bits per heavy atom. The van der Waals surface area contributed by atoms with Gasteiger partial charge < -0.3 is 9.84 Å². The SMILES string of the molecule is COCCC(C)=CC(C)O. The smallest absolute Gasteiger partial charge is 0.0695 e. The van der Waals surface area contributed by atoms with Crippen molar-refractivity contribution >= 4 is 0 Å². The van der Waals surface area contributed by atoms with Gasteiger partial charge in [-0.25, -0.2) is 0 Å². The minimum absolute atomic E-state index is 0.336. The maximum Gasteiger partial charge on any atom is 0.0695 e. The second kappa shape index (κ2) is 5.45. The third kappa shape index (κ3) is 5.79. The molecule has 0 aliphatic rings. The van der Waals surface area contributed by atoms with Gasteiger partial charge in [0.05, 0.1) is 6.10 Å². The van der Waals surface area contributed by atoms with Crippen molar-refractivity contribution in [3.63, 3.8) is 0 Å².